The van der Waals surface area contributed by atoms with E-state index in [2.05, 4.69) is 35.5 Å². The van der Waals surface area contributed by atoms with E-state index in [0.717, 1.165) is 32.7 Å². The molecule has 0 amide bonds. The van der Waals surface area contributed by atoms with Gasteiger partial charge in [-0.2, -0.15) is 0 Å². The van der Waals surface area contributed by atoms with Gasteiger partial charge in [-0.3, -0.25) is 0 Å². The normalized spacial score (nSPS) is 18.1. The summed E-state index contributed by atoms with van der Waals surface area (Å²) in [6.07, 6.45) is 2.21. The summed E-state index contributed by atoms with van der Waals surface area (Å²) in [5, 5.41) is 0. The number of hydrogen-bond donors (Lipinski definition) is 0. The molecule has 162 valence electrons. The average molecular weight is 493 g/mol. The summed E-state index contributed by atoms with van der Waals surface area (Å²) in [4.78, 5) is 12.7. The molecule has 6 heteroatoms. The number of fused-ring (bicyclic) bond motifs is 2. The second-order valence-corrected chi connectivity index (χ2v) is 8.74. The minimum absolute atomic E-state index is 0.116. The number of carbonyl (C=O) groups excluding carboxylic acids is 1. The highest BCUT2D eigenvalue weighted by Gasteiger charge is 2.34. The van der Waals surface area contributed by atoms with E-state index < -0.39 is 5.97 Å². The summed E-state index contributed by atoms with van der Waals surface area (Å²) >= 11 is 3.38. The molecule has 2 atom stereocenters. The molecule has 2 aliphatic heterocycles. The lowest BCUT2D eigenvalue weighted by Gasteiger charge is -2.16. The predicted molar refractivity (Wildman–Crippen MR) is 124 cm³/mol. The number of hydrogen-bond acceptors (Lipinski definition) is 5. The highest BCUT2D eigenvalue weighted by atomic mass is 79.9. The van der Waals surface area contributed by atoms with E-state index in [-0.39, 0.29) is 18.8 Å². The lowest BCUT2D eigenvalue weighted by Crippen LogP contribution is -2.10. The van der Waals surface area contributed by atoms with E-state index in [9.17, 15) is 4.79 Å². The summed E-state index contributed by atoms with van der Waals surface area (Å²) in [7, 11) is 0. The van der Waals surface area contributed by atoms with Gasteiger partial charge in [-0.15, -0.1) is 6.58 Å². The van der Waals surface area contributed by atoms with Crippen LogP contribution in [-0.2, 0) is 6.42 Å². The lowest BCUT2D eigenvalue weighted by atomic mass is 9.91. The molecule has 0 unspecified atom stereocenters. The van der Waals surface area contributed by atoms with Gasteiger partial charge in [-0.25, -0.2) is 4.79 Å². The molecule has 0 spiro atoms. The van der Waals surface area contributed by atoms with Crippen LogP contribution in [0.5, 0.6) is 23.0 Å². The standard InChI is InChI=1S/C26H21BrO5/c1-3-4-17-11-20-15(2)25(18-7-10-21-24(12-18)30-14-29-21)31-23(20)13-22(17)32-26(28)16-5-8-19(27)9-6-16/h3,5-13,15,25H,1,4,14H2,2H3/t15-,25-/m0/s1. The topological polar surface area (TPSA) is 54.0 Å². The van der Waals surface area contributed by atoms with Gasteiger partial charge in [0, 0.05) is 22.0 Å². The van der Waals surface area contributed by atoms with Crippen molar-refractivity contribution in [2.75, 3.05) is 6.79 Å². The largest absolute Gasteiger partial charge is 0.485 e. The van der Waals surface area contributed by atoms with Gasteiger partial charge in [-0.05, 0) is 60.0 Å². The maximum absolute atomic E-state index is 12.7. The van der Waals surface area contributed by atoms with Gasteiger partial charge < -0.3 is 18.9 Å². The van der Waals surface area contributed by atoms with Crippen molar-refractivity contribution in [3.05, 3.63) is 94.0 Å². The molecule has 0 aromatic heterocycles. The molecule has 3 aromatic carbocycles. The lowest BCUT2D eigenvalue weighted by molar-refractivity contribution is 0.0733. The van der Waals surface area contributed by atoms with Crippen LogP contribution < -0.4 is 18.9 Å². The first-order valence-corrected chi connectivity index (χ1v) is 11.1. The zero-order valence-corrected chi connectivity index (χ0v) is 19.1. The van der Waals surface area contributed by atoms with Crippen molar-refractivity contribution in [3.63, 3.8) is 0 Å². The van der Waals surface area contributed by atoms with E-state index in [1.54, 1.807) is 18.2 Å². The SMILES string of the molecule is C=CCc1cc2c(cc1OC(=O)c1ccc(Br)cc1)O[C@H](c1ccc3c(c1)OCO3)[C@H]2C. The number of rotatable bonds is 5. The van der Waals surface area contributed by atoms with Crippen LogP contribution in [0.25, 0.3) is 0 Å². The Hall–Kier alpha value is -3.25. The monoisotopic (exact) mass is 492 g/mol. The molecule has 0 N–H and O–H groups in total. The first-order chi connectivity index (χ1) is 15.5. The van der Waals surface area contributed by atoms with Crippen molar-refractivity contribution in [1.29, 1.82) is 0 Å². The van der Waals surface area contributed by atoms with E-state index >= 15 is 0 Å². The van der Waals surface area contributed by atoms with Gasteiger partial charge in [0.1, 0.15) is 17.6 Å². The Morgan fingerprint density at radius 1 is 1.09 bits per heavy atom. The molecule has 0 saturated heterocycles. The van der Waals surface area contributed by atoms with Gasteiger partial charge in [0.2, 0.25) is 6.79 Å². The van der Waals surface area contributed by atoms with E-state index in [1.165, 1.54) is 0 Å². The highest BCUT2D eigenvalue weighted by molar-refractivity contribution is 9.10. The molecule has 0 radical (unpaired) electrons. The number of esters is 1. The van der Waals surface area contributed by atoms with Gasteiger partial charge >= 0.3 is 5.97 Å². The van der Waals surface area contributed by atoms with Gasteiger partial charge in [0.05, 0.1) is 5.56 Å². The Labute approximate surface area is 194 Å². The molecule has 32 heavy (non-hydrogen) atoms. The van der Waals surface area contributed by atoms with Crippen LogP contribution in [0.1, 0.15) is 46.0 Å². The molecule has 3 aromatic rings. The van der Waals surface area contributed by atoms with Crippen LogP contribution in [0.3, 0.4) is 0 Å². The third-order valence-electron chi connectivity index (χ3n) is 5.76. The molecular formula is C26H21BrO5. The zero-order valence-electron chi connectivity index (χ0n) is 17.5. The molecule has 0 aliphatic carbocycles. The summed E-state index contributed by atoms with van der Waals surface area (Å²) in [6.45, 7) is 6.22. The van der Waals surface area contributed by atoms with Crippen molar-refractivity contribution in [2.24, 2.45) is 0 Å². The Morgan fingerprint density at radius 2 is 1.88 bits per heavy atom. The highest BCUT2D eigenvalue weighted by Crippen LogP contribution is 2.49. The number of benzene rings is 3. The number of allylic oxidation sites excluding steroid dienone is 1. The van der Waals surface area contributed by atoms with Crippen molar-refractivity contribution in [1.82, 2.24) is 0 Å². The maximum atomic E-state index is 12.7. The fourth-order valence-corrected chi connectivity index (χ4v) is 4.35. The van der Waals surface area contributed by atoms with Crippen LogP contribution in [0, 0.1) is 0 Å². The van der Waals surface area contributed by atoms with E-state index in [4.69, 9.17) is 18.9 Å². The number of ether oxygens (including phenoxy) is 4. The number of halogens is 1. The molecule has 0 bridgehead atoms. The predicted octanol–water partition coefficient (Wildman–Crippen LogP) is 6.36. The van der Waals surface area contributed by atoms with Crippen molar-refractivity contribution in [2.45, 2.75) is 25.4 Å². The molecule has 2 aliphatic rings. The average Bonchev–Trinajstić information content (AvgIpc) is 3.38. The Balaban J connectivity index is 1.45. The fourth-order valence-electron chi connectivity index (χ4n) is 4.09. The molecule has 0 fully saturated rings. The molecule has 0 saturated carbocycles. The molecular weight excluding hydrogens is 472 g/mol. The van der Waals surface area contributed by atoms with Crippen molar-refractivity contribution < 1.29 is 23.7 Å². The smallest absolute Gasteiger partial charge is 0.343 e. The van der Waals surface area contributed by atoms with Crippen LogP contribution >= 0.6 is 15.9 Å². The van der Waals surface area contributed by atoms with Crippen LogP contribution in [0.15, 0.2) is 71.7 Å². The Bertz CT molecular complexity index is 1200. The maximum Gasteiger partial charge on any atom is 0.343 e. The van der Waals surface area contributed by atoms with Crippen molar-refractivity contribution >= 4 is 21.9 Å². The second-order valence-electron chi connectivity index (χ2n) is 7.83. The summed E-state index contributed by atoms with van der Waals surface area (Å²) < 4.78 is 23.9. The van der Waals surface area contributed by atoms with E-state index in [1.807, 2.05) is 36.4 Å². The van der Waals surface area contributed by atoms with Gasteiger partial charge in [0.25, 0.3) is 0 Å². The fraction of sp³-hybridized carbons (Fsp3) is 0.192. The molecule has 5 rings (SSSR count). The Morgan fingerprint density at radius 3 is 2.66 bits per heavy atom. The summed E-state index contributed by atoms with van der Waals surface area (Å²) in [5.41, 5.74) is 3.46. The van der Waals surface area contributed by atoms with Crippen LogP contribution in [0.2, 0.25) is 0 Å². The minimum Gasteiger partial charge on any atom is -0.485 e. The first kappa shape index (κ1) is 20.6. The summed E-state index contributed by atoms with van der Waals surface area (Å²) in [5.74, 6) is 2.37. The third-order valence-corrected chi connectivity index (χ3v) is 6.29. The molecule has 5 nitrogen and oxygen atoms in total. The van der Waals surface area contributed by atoms with Crippen molar-refractivity contribution in [3.8, 4) is 23.0 Å². The summed E-state index contributed by atoms with van der Waals surface area (Å²) in [6, 6.07) is 16.8. The van der Waals surface area contributed by atoms with Gasteiger partial charge in [-0.1, -0.05) is 35.0 Å². The minimum atomic E-state index is -0.416. The third kappa shape index (κ3) is 3.75. The number of carbonyl (C=O) groups is 1. The first-order valence-electron chi connectivity index (χ1n) is 10.3. The second kappa shape index (κ2) is 8.36. The van der Waals surface area contributed by atoms with E-state index in [0.29, 0.717) is 23.5 Å². The van der Waals surface area contributed by atoms with Crippen LogP contribution in [0.4, 0.5) is 0 Å². The quantitative estimate of drug-likeness (QED) is 0.235. The Kier molecular flexibility index (Phi) is 5.39. The molecule has 2 heterocycles. The van der Waals surface area contributed by atoms with Crippen LogP contribution in [-0.4, -0.2) is 12.8 Å². The van der Waals surface area contributed by atoms with Gasteiger partial charge in [0.15, 0.2) is 11.5 Å². The zero-order chi connectivity index (χ0) is 22.2.